The van der Waals surface area contributed by atoms with E-state index in [1.807, 2.05) is 18.5 Å². The van der Waals surface area contributed by atoms with Crippen LogP contribution in [0.4, 0.5) is 0 Å². The van der Waals surface area contributed by atoms with E-state index in [9.17, 15) is 8.42 Å². The molecule has 0 radical (unpaired) electrons. The first-order chi connectivity index (χ1) is 11.9. The molecule has 4 nitrogen and oxygen atoms in total. The number of fused-ring (bicyclic) bond motifs is 1. The lowest BCUT2D eigenvalue weighted by Gasteiger charge is -2.14. The van der Waals surface area contributed by atoms with Crippen molar-refractivity contribution >= 4 is 20.7 Å². The predicted molar refractivity (Wildman–Crippen MR) is 103 cm³/mol. The molecule has 0 spiro atoms. The summed E-state index contributed by atoms with van der Waals surface area (Å²) in [6, 6.07) is 12.4. The van der Waals surface area contributed by atoms with Gasteiger partial charge in [-0.2, -0.15) is 0 Å². The van der Waals surface area contributed by atoms with Gasteiger partial charge in [-0.3, -0.25) is 4.98 Å². The zero-order valence-corrected chi connectivity index (χ0v) is 15.7. The normalized spacial score (nSPS) is 13.4. The highest BCUT2D eigenvalue weighted by Gasteiger charge is 2.18. The Morgan fingerprint density at radius 2 is 1.76 bits per heavy atom. The Morgan fingerprint density at radius 3 is 2.44 bits per heavy atom. The third-order valence-corrected chi connectivity index (χ3v) is 7.03. The summed E-state index contributed by atoms with van der Waals surface area (Å²) in [6.07, 6.45) is 6.35. The van der Waals surface area contributed by atoms with Crippen molar-refractivity contribution in [2.75, 3.05) is 5.75 Å². The quantitative estimate of drug-likeness (QED) is 0.660. The summed E-state index contributed by atoms with van der Waals surface area (Å²) in [5.74, 6) is 0.455. The molecule has 1 aromatic carbocycles. The van der Waals surface area contributed by atoms with Crippen LogP contribution in [0.5, 0.6) is 0 Å². The number of rotatable bonds is 6. The van der Waals surface area contributed by atoms with Gasteiger partial charge in [0.15, 0.2) is 9.84 Å². The van der Waals surface area contributed by atoms with Crippen molar-refractivity contribution in [1.29, 1.82) is 0 Å². The highest BCUT2D eigenvalue weighted by Crippen LogP contribution is 2.24. The molecule has 0 bridgehead atoms. The number of hydrogen-bond donors (Lipinski definition) is 0. The molecule has 0 saturated carbocycles. The molecule has 25 heavy (non-hydrogen) atoms. The van der Waals surface area contributed by atoms with Gasteiger partial charge in [0.25, 0.3) is 0 Å². The third kappa shape index (κ3) is 3.76. The van der Waals surface area contributed by atoms with E-state index in [1.54, 1.807) is 20.0 Å². The summed E-state index contributed by atoms with van der Waals surface area (Å²) in [6.45, 7) is 5.57. The Bertz CT molecular complexity index is 957. The van der Waals surface area contributed by atoms with Gasteiger partial charge < -0.3 is 4.57 Å². The molecule has 0 saturated heterocycles. The summed E-state index contributed by atoms with van der Waals surface area (Å²) in [4.78, 5) is 4.15. The van der Waals surface area contributed by atoms with Crippen LogP contribution in [-0.2, 0) is 9.84 Å². The zero-order chi connectivity index (χ0) is 18.0. The molecule has 3 aromatic rings. The van der Waals surface area contributed by atoms with E-state index < -0.39 is 9.84 Å². The van der Waals surface area contributed by atoms with Crippen molar-refractivity contribution in [2.45, 2.75) is 38.4 Å². The van der Waals surface area contributed by atoms with Gasteiger partial charge in [0, 0.05) is 29.7 Å². The van der Waals surface area contributed by atoms with E-state index in [-0.39, 0.29) is 16.9 Å². The van der Waals surface area contributed by atoms with Crippen LogP contribution in [0.15, 0.2) is 55.0 Å². The minimum atomic E-state index is -2.98. The van der Waals surface area contributed by atoms with Crippen LogP contribution < -0.4 is 0 Å². The average Bonchev–Trinajstić information content (AvgIpc) is 3.04. The minimum Gasteiger partial charge on any atom is -0.316 e. The van der Waals surface area contributed by atoms with Gasteiger partial charge in [0.05, 0.1) is 16.5 Å². The first-order valence-corrected chi connectivity index (χ1v) is 10.3. The summed E-state index contributed by atoms with van der Waals surface area (Å²) >= 11 is 0. The molecule has 2 aromatic heterocycles. The average molecular weight is 356 g/mol. The van der Waals surface area contributed by atoms with Gasteiger partial charge in [-0.1, -0.05) is 19.1 Å². The lowest BCUT2D eigenvalue weighted by atomic mass is 9.98. The van der Waals surface area contributed by atoms with Crippen LogP contribution >= 0.6 is 0 Å². The maximum Gasteiger partial charge on any atom is 0.152 e. The molecule has 0 N–H and O–H groups in total. The van der Waals surface area contributed by atoms with E-state index in [1.165, 1.54) is 5.56 Å². The van der Waals surface area contributed by atoms with Gasteiger partial charge in [0.2, 0.25) is 0 Å². The van der Waals surface area contributed by atoms with Crippen LogP contribution in [0.25, 0.3) is 16.6 Å². The van der Waals surface area contributed by atoms with Crippen LogP contribution in [0, 0.1) is 0 Å². The number of nitrogens with zero attached hydrogens (tertiary/aromatic N) is 2. The van der Waals surface area contributed by atoms with Gasteiger partial charge in [-0.05, 0) is 56.0 Å². The molecule has 0 aliphatic rings. The van der Waals surface area contributed by atoms with Crippen LogP contribution in [0.3, 0.4) is 0 Å². The summed E-state index contributed by atoms with van der Waals surface area (Å²) in [7, 11) is -2.98. The predicted octanol–water partition coefficient (Wildman–Crippen LogP) is 4.34. The van der Waals surface area contributed by atoms with Crippen molar-refractivity contribution in [1.82, 2.24) is 9.55 Å². The third-order valence-electron chi connectivity index (χ3n) is 4.78. The van der Waals surface area contributed by atoms with Crippen molar-refractivity contribution in [2.24, 2.45) is 0 Å². The van der Waals surface area contributed by atoms with E-state index >= 15 is 0 Å². The van der Waals surface area contributed by atoms with Gasteiger partial charge in [-0.25, -0.2) is 8.42 Å². The molecule has 132 valence electrons. The summed E-state index contributed by atoms with van der Waals surface area (Å²) in [5.41, 5.74) is 3.38. The number of pyridine rings is 1. The monoisotopic (exact) mass is 356 g/mol. The molecule has 0 fully saturated rings. The fraction of sp³-hybridized carbons (Fsp3) is 0.350. The highest BCUT2D eigenvalue weighted by atomic mass is 32.2. The molecule has 0 amide bonds. The van der Waals surface area contributed by atoms with Crippen LogP contribution in [-0.4, -0.2) is 29.0 Å². The summed E-state index contributed by atoms with van der Waals surface area (Å²) < 4.78 is 26.1. The number of hydrogen-bond acceptors (Lipinski definition) is 3. The van der Waals surface area contributed by atoms with Crippen molar-refractivity contribution in [3.63, 3.8) is 0 Å². The minimum absolute atomic E-state index is 0.216. The molecule has 0 aliphatic carbocycles. The summed E-state index contributed by atoms with van der Waals surface area (Å²) in [5, 5.41) is 0.803. The van der Waals surface area contributed by atoms with E-state index in [0.717, 1.165) is 16.6 Å². The smallest absolute Gasteiger partial charge is 0.152 e. The molecular formula is C20H24N2O2S. The van der Waals surface area contributed by atoms with Crippen molar-refractivity contribution < 1.29 is 8.42 Å². The zero-order valence-electron chi connectivity index (χ0n) is 14.9. The van der Waals surface area contributed by atoms with Gasteiger partial charge in [-0.15, -0.1) is 0 Å². The van der Waals surface area contributed by atoms with Crippen LogP contribution in [0.2, 0.25) is 0 Å². The number of benzene rings is 1. The molecular weight excluding hydrogens is 332 g/mol. The second kappa shape index (κ2) is 7.00. The van der Waals surface area contributed by atoms with E-state index in [4.69, 9.17) is 0 Å². The molecule has 0 aliphatic heterocycles. The maximum absolute atomic E-state index is 12.0. The molecule has 5 heteroatoms. The highest BCUT2D eigenvalue weighted by molar-refractivity contribution is 7.91. The van der Waals surface area contributed by atoms with E-state index in [2.05, 4.69) is 46.8 Å². The molecule has 3 rings (SSSR count). The Labute approximate surface area is 149 Å². The SMILES string of the molecule is CC(C)S(=O)(=O)CC[C@H](C)c1ccc(-n2ccc3cnccc32)cc1. The van der Waals surface area contributed by atoms with Crippen molar-refractivity contribution in [3.05, 3.63) is 60.6 Å². The Balaban J connectivity index is 1.76. The first kappa shape index (κ1) is 17.7. The second-order valence-electron chi connectivity index (χ2n) is 6.82. The Hall–Kier alpha value is -2.14. The lowest BCUT2D eigenvalue weighted by molar-refractivity contribution is 0.580. The van der Waals surface area contributed by atoms with Crippen LogP contribution in [0.1, 0.15) is 38.7 Å². The first-order valence-electron chi connectivity index (χ1n) is 8.61. The maximum atomic E-state index is 12.0. The largest absolute Gasteiger partial charge is 0.316 e. The second-order valence-corrected chi connectivity index (χ2v) is 9.49. The lowest BCUT2D eigenvalue weighted by Crippen LogP contribution is -2.18. The molecule has 1 atom stereocenters. The number of sulfone groups is 1. The van der Waals surface area contributed by atoms with E-state index in [0.29, 0.717) is 6.42 Å². The Kier molecular flexibility index (Phi) is 4.95. The fourth-order valence-corrected chi connectivity index (χ4v) is 4.07. The van der Waals surface area contributed by atoms with Gasteiger partial charge >= 0.3 is 0 Å². The number of aromatic nitrogens is 2. The Morgan fingerprint density at radius 1 is 1.04 bits per heavy atom. The van der Waals surface area contributed by atoms with Gasteiger partial charge in [0.1, 0.15) is 0 Å². The molecule has 2 heterocycles. The van der Waals surface area contributed by atoms with Crippen molar-refractivity contribution in [3.8, 4) is 5.69 Å². The topological polar surface area (TPSA) is 52.0 Å². The molecule has 0 unspecified atom stereocenters. The fourth-order valence-electron chi connectivity index (χ4n) is 2.91. The standard InChI is InChI=1S/C20H24N2O2S/c1-15(2)25(23,24)13-10-16(3)17-4-6-19(7-5-17)22-12-9-18-14-21-11-8-20(18)22/h4-9,11-12,14-16H,10,13H2,1-3H3/t16-/m0/s1.